The first-order valence-corrected chi connectivity index (χ1v) is 6.49. The van der Waals surface area contributed by atoms with Crippen molar-refractivity contribution in [3.63, 3.8) is 0 Å². The first-order valence-electron chi connectivity index (χ1n) is 5.61. The van der Waals surface area contributed by atoms with Gasteiger partial charge in [-0.2, -0.15) is 5.26 Å². The van der Waals surface area contributed by atoms with Gasteiger partial charge in [-0.25, -0.2) is 0 Å². The molecule has 0 saturated carbocycles. The van der Waals surface area contributed by atoms with Crippen LogP contribution in [0.15, 0.2) is 40.5 Å². The summed E-state index contributed by atoms with van der Waals surface area (Å²) in [6, 6.07) is 12.0. The zero-order valence-corrected chi connectivity index (χ0v) is 10.5. The third-order valence-corrected chi connectivity index (χ3v) is 3.33. The standard InChI is InChI=1S/C13H13N3OS/c14-7-6-12(10-4-2-1-3-5-10)15-8-11-9-18-13(17)16-11/h1-5,9,12,15H,6,8H2,(H,16,17). The van der Waals surface area contributed by atoms with Gasteiger partial charge in [-0.1, -0.05) is 41.7 Å². The van der Waals surface area contributed by atoms with E-state index in [9.17, 15) is 4.79 Å². The predicted octanol–water partition coefficient (Wildman–Crippen LogP) is 2.18. The van der Waals surface area contributed by atoms with Crippen LogP contribution in [0.4, 0.5) is 0 Å². The van der Waals surface area contributed by atoms with Crippen molar-refractivity contribution in [1.29, 1.82) is 5.26 Å². The van der Waals surface area contributed by atoms with Crippen molar-refractivity contribution in [2.45, 2.75) is 19.0 Å². The van der Waals surface area contributed by atoms with Crippen molar-refractivity contribution in [3.05, 3.63) is 56.6 Å². The fraction of sp³-hybridized carbons (Fsp3) is 0.231. The molecule has 1 aromatic carbocycles. The summed E-state index contributed by atoms with van der Waals surface area (Å²) in [5.74, 6) is 0. The molecular weight excluding hydrogens is 246 g/mol. The van der Waals surface area contributed by atoms with Crippen molar-refractivity contribution < 1.29 is 0 Å². The van der Waals surface area contributed by atoms with E-state index in [1.165, 1.54) is 0 Å². The van der Waals surface area contributed by atoms with Crippen LogP contribution in [0.25, 0.3) is 0 Å². The van der Waals surface area contributed by atoms with E-state index in [1.54, 1.807) is 5.38 Å². The molecule has 1 unspecified atom stereocenters. The highest BCUT2D eigenvalue weighted by Crippen LogP contribution is 2.16. The molecule has 5 heteroatoms. The molecule has 0 saturated heterocycles. The van der Waals surface area contributed by atoms with Crippen molar-refractivity contribution in [2.24, 2.45) is 0 Å². The first kappa shape index (κ1) is 12.6. The van der Waals surface area contributed by atoms with Crippen LogP contribution in [0, 0.1) is 11.3 Å². The van der Waals surface area contributed by atoms with Gasteiger partial charge >= 0.3 is 4.87 Å². The Morgan fingerprint density at radius 2 is 2.17 bits per heavy atom. The highest BCUT2D eigenvalue weighted by molar-refractivity contribution is 7.07. The van der Waals surface area contributed by atoms with Gasteiger partial charge in [0.1, 0.15) is 0 Å². The molecule has 0 fully saturated rings. The predicted molar refractivity (Wildman–Crippen MR) is 71.2 cm³/mol. The van der Waals surface area contributed by atoms with Gasteiger partial charge < -0.3 is 10.3 Å². The van der Waals surface area contributed by atoms with E-state index in [0.717, 1.165) is 22.6 Å². The summed E-state index contributed by atoms with van der Waals surface area (Å²) in [7, 11) is 0. The summed E-state index contributed by atoms with van der Waals surface area (Å²) >= 11 is 1.15. The fourth-order valence-corrected chi connectivity index (χ4v) is 2.30. The van der Waals surface area contributed by atoms with E-state index < -0.39 is 0 Å². The molecule has 0 bridgehead atoms. The van der Waals surface area contributed by atoms with E-state index >= 15 is 0 Å². The number of aromatic amines is 1. The van der Waals surface area contributed by atoms with Crippen molar-refractivity contribution in [3.8, 4) is 6.07 Å². The Kier molecular flexibility index (Phi) is 4.29. The second-order valence-electron chi connectivity index (χ2n) is 3.88. The number of nitrogens with zero attached hydrogens (tertiary/aromatic N) is 1. The summed E-state index contributed by atoms with van der Waals surface area (Å²) in [6.07, 6.45) is 0.401. The van der Waals surface area contributed by atoms with Crippen LogP contribution in [0.2, 0.25) is 0 Å². The third kappa shape index (κ3) is 3.29. The quantitative estimate of drug-likeness (QED) is 0.864. The number of hydrogen-bond donors (Lipinski definition) is 2. The Hall–Kier alpha value is -1.90. The van der Waals surface area contributed by atoms with Gasteiger partial charge in [0.25, 0.3) is 0 Å². The van der Waals surface area contributed by atoms with Crippen molar-refractivity contribution in [1.82, 2.24) is 10.3 Å². The maximum absolute atomic E-state index is 11.0. The van der Waals surface area contributed by atoms with Crippen LogP contribution in [0.1, 0.15) is 23.7 Å². The topological polar surface area (TPSA) is 68.7 Å². The number of nitrogens with one attached hydrogen (secondary N) is 2. The van der Waals surface area contributed by atoms with Gasteiger partial charge in [0.05, 0.1) is 12.5 Å². The second-order valence-corrected chi connectivity index (χ2v) is 4.72. The molecule has 2 aromatic rings. The molecule has 18 heavy (non-hydrogen) atoms. The third-order valence-electron chi connectivity index (χ3n) is 2.61. The summed E-state index contributed by atoms with van der Waals surface area (Å²) in [5.41, 5.74) is 1.93. The molecule has 0 aliphatic carbocycles. The van der Waals surface area contributed by atoms with Crippen LogP contribution in [-0.2, 0) is 6.54 Å². The first-order chi connectivity index (χ1) is 8.79. The molecule has 0 spiro atoms. The van der Waals surface area contributed by atoms with E-state index in [0.29, 0.717) is 13.0 Å². The number of thiazole rings is 1. The molecule has 2 rings (SSSR count). The average molecular weight is 259 g/mol. The van der Waals surface area contributed by atoms with Gasteiger partial charge in [0, 0.05) is 23.7 Å². The van der Waals surface area contributed by atoms with Crippen LogP contribution in [0.3, 0.4) is 0 Å². The fourth-order valence-electron chi connectivity index (χ4n) is 1.72. The Bertz CT molecular complexity index is 582. The van der Waals surface area contributed by atoms with Gasteiger partial charge in [0.15, 0.2) is 0 Å². The van der Waals surface area contributed by atoms with Crippen molar-refractivity contribution in [2.75, 3.05) is 0 Å². The molecule has 0 amide bonds. The molecule has 0 radical (unpaired) electrons. The minimum absolute atomic E-state index is 0.0143. The minimum atomic E-state index is -0.0525. The van der Waals surface area contributed by atoms with E-state index in [2.05, 4.69) is 16.4 Å². The molecule has 2 N–H and O–H groups in total. The lowest BCUT2D eigenvalue weighted by Crippen LogP contribution is -2.21. The zero-order valence-electron chi connectivity index (χ0n) is 9.72. The molecule has 92 valence electrons. The van der Waals surface area contributed by atoms with Gasteiger partial charge in [-0.05, 0) is 5.56 Å². The van der Waals surface area contributed by atoms with Gasteiger partial charge in [-0.15, -0.1) is 0 Å². The molecule has 1 heterocycles. The van der Waals surface area contributed by atoms with Crippen LogP contribution < -0.4 is 10.2 Å². The number of aromatic nitrogens is 1. The number of nitriles is 1. The monoisotopic (exact) mass is 259 g/mol. The summed E-state index contributed by atoms with van der Waals surface area (Å²) in [5, 5.41) is 13.9. The summed E-state index contributed by atoms with van der Waals surface area (Å²) in [4.78, 5) is 13.7. The molecule has 0 aliphatic rings. The smallest absolute Gasteiger partial charge is 0.304 e. The number of rotatable bonds is 5. The number of H-pyrrole nitrogens is 1. The van der Waals surface area contributed by atoms with E-state index in [4.69, 9.17) is 5.26 Å². The highest BCUT2D eigenvalue weighted by Gasteiger charge is 2.10. The van der Waals surface area contributed by atoms with E-state index in [1.807, 2.05) is 30.3 Å². The highest BCUT2D eigenvalue weighted by atomic mass is 32.1. The van der Waals surface area contributed by atoms with Crippen LogP contribution in [-0.4, -0.2) is 4.98 Å². The normalized spacial score (nSPS) is 11.9. The summed E-state index contributed by atoms with van der Waals surface area (Å²) < 4.78 is 0. The summed E-state index contributed by atoms with van der Waals surface area (Å²) in [6.45, 7) is 0.556. The molecule has 1 aromatic heterocycles. The van der Waals surface area contributed by atoms with Crippen molar-refractivity contribution >= 4 is 11.3 Å². The Morgan fingerprint density at radius 3 is 2.78 bits per heavy atom. The van der Waals surface area contributed by atoms with Gasteiger partial charge in [-0.3, -0.25) is 4.79 Å². The Labute approximate surface area is 109 Å². The Balaban J connectivity index is 2.03. The maximum atomic E-state index is 11.0. The van der Waals surface area contributed by atoms with Crippen LogP contribution >= 0.6 is 11.3 Å². The lowest BCUT2D eigenvalue weighted by molar-refractivity contribution is 0.537. The SMILES string of the molecule is N#CCC(NCc1csc(=O)[nH]1)c1ccccc1. The molecule has 4 nitrogen and oxygen atoms in total. The van der Waals surface area contributed by atoms with E-state index in [-0.39, 0.29) is 10.9 Å². The molecule has 1 atom stereocenters. The minimum Gasteiger partial charge on any atom is -0.315 e. The van der Waals surface area contributed by atoms with Crippen LogP contribution in [0.5, 0.6) is 0 Å². The van der Waals surface area contributed by atoms with Gasteiger partial charge in [0.2, 0.25) is 0 Å². The zero-order chi connectivity index (χ0) is 12.8. The molecule has 0 aliphatic heterocycles. The lowest BCUT2D eigenvalue weighted by atomic mass is 10.0. The largest absolute Gasteiger partial charge is 0.315 e. The number of benzene rings is 1. The molecular formula is C13H13N3OS. The maximum Gasteiger partial charge on any atom is 0.304 e. The Morgan fingerprint density at radius 1 is 1.39 bits per heavy atom. The lowest BCUT2D eigenvalue weighted by Gasteiger charge is -2.15. The number of hydrogen-bond acceptors (Lipinski definition) is 4. The average Bonchev–Trinajstić information content (AvgIpc) is 2.81. The second kappa shape index (κ2) is 6.15.